The molecule has 0 N–H and O–H groups in total. The monoisotopic (exact) mass is 185 g/mol. The van der Waals surface area contributed by atoms with Crippen LogP contribution in [0.2, 0.25) is 4.47 Å². The Labute approximate surface area is 72.5 Å². The number of hydrogen-bond acceptors (Lipinski definition) is 4. The van der Waals surface area contributed by atoms with Crippen molar-refractivity contribution >= 4 is 35.0 Å². The predicted octanol–water partition coefficient (Wildman–Crippen LogP) is 1.63. The maximum Gasteiger partial charge on any atom is 0.184 e. The summed E-state index contributed by atoms with van der Waals surface area (Å²) in [6, 6.07) is 0. The molecule has 0 atom stereocenters. The maximum atomic E-state index is 5.64. The molecule has 5 heteroatoms. The van der Waals surface area contributed by atoms with Crippen LogP contribution >= 0.6 is 22.9 Å². The lowest BCUT2D eigenvalue weighted by Gasteiger charge is -1.86. The average Bonchev–Trinajstić information content (AvgIpc) is 2.55. The first-order valence-electron chi connectivity index (χ1n) is 3.04. The maximum absolute atomic E-state index is 5.64. The number of hydrogen-bond donors (Lipinski definition) is 0. The highest BCUT2D eigenvalue weighted by molar-refractivity contribution is 7.14. The van der Waals surface area contributed by atoms with Gasteiger partial charge in [-0.05, 0) is 0 Å². The third-order valence-corrected chi connectivity index (χ3v) is 2.22. The molecule has 2 heterocycles. The van der Waals surface area contributed by atoms with Gasteiger partial charge in [-0.25, -0.2) is 9.98 Å². The van der Waals surface area contributed by atoms with Crippen LogP contribution in [0.3, 0.4) is 0 Å². The summed E-state index contributed by atoms with van der Waals surface area (Å²) < 4.78 is 0.532. The predicted molar refractivity (Wildman–Crippen MR) is 47.0 cm³/mol. The zero-order valence-corrected chi connectivity index (χ0v) is 7.06. The molecular formula is C6H4ClN3S. The number of amidine groups is 1. The van der Waals surface area contributed by atoms with Gasteiger partial charge in [-0.3, -0.25) is 4.99 Å². The topological polar surface area (TPSA) is 37.6 Å². The smallest absolute Gasteiger partial charge is 0.184 e. The summed E-state index contributed by atoms with van der Waals surface area (Å²) in [5, 5.41) is 1.85. The molecule has 0 radical (unpaired) electrons. The summed E-state index contributed by atoms with van der Waals surface area (Å²) in [7, 11) is 0. The summed E-state index contributed by atoms with van der Waals surface area (Å²) in [6.07, 6.45) is 1.75. The lowest BCUT2D eigenvalue weighted by Crippen LogP contribution is -1.92. The third-order valence-electron chi connectivity index (χ3n) is 1.24. The fourth-order valence-corrected chi connectivity index (χ4v) is 1.54. The minimum atomic E-state index is 0.532. The van der Waals surface area contributed by atoms with Gasteiger partial charge in [-0.15, -0.1) is 11.3 Å². The minimum Gasteiger partial charge on any atom is -0.259 e. The number of aromatic nitrogens is 1. The quantitative estimate of drug-likeness (QED) is 0.655. The van der Waals surface area contributed by atoms with Crippen molar-refractivity contribution in [2.24, 2.45) is 9.98 Å². The number of rotatable bonds is 1. The summed E-state index contributed by atoms with van der Waals surface area (Å²) in [5.74, 6) is 0.688. The van der Waals surface area contributed by atoms with E-state index in [1.165, 1.54) is 11.3 Å². The van der Waals surface area contributed by atoms with Gasteiger partial charge in [-0.2, -0.15) is 0 Å². The molecule has 0 unspecified atom stereocenters. The molecule has 0 saturated heterocycles. The van der Waals surface area contributed by atoms with Gasteiger partial charge >= 0.3 is 0 Å². The molecule has 0 amide bonds. The highest BCUT2D eigenvalue weighted by atomic mass is 35.5. The van der Waals surface area contributed by atoms with E-state index in [0.29, 0.717) is 16.8 Å². The first kappa shape index (κ1) is 6.94. The van der Waals surface area contributed by atoms with Crippen LogP contribution in [0.5, 0.6) is 0 Å². The Morgan fingerprint density at radius 3 is 3.00 bits per heavy atom. The summed E-state index contributed by atoms with van der Waals surface area (Å²) in [6.45, 7) is 0.657. The first-order chi connectivity index (χ1) is 5.36. The van der Waals surface area contributed by atoms with Gasteiger partial charge in [0.05, 0.1) is 6.54 Å². The molecule has 11 heavy (non-hydrogen) atoms. The Balaban J connectivity index is 2.36. The summed E-state index contributed by atoms with van der Waals surface area (Å²) >= 11 is 7.03. The molecule has 0 spiro atoms. The molecule has 0 aliphatic carbocycles. The zero-order chi connectivity index (χ0) is 7.68. The fourth-order valence-electron chi connectivity index (χ4n) is 0.797. The van der Waals surface area contributed by atoms with E-state index >= 15 is 0 Å². The number of thiazole rings is 1. The van der Waals surface area contributed by atoms with E-state index in [-0.39, 0.29) is 0 Å². The molecule has 0 fully saturated rings. The Bertz CT molecular complexity index is 328. The van der Waals surface area contributed by atoms with Gasteiger partial charge in [0.25, 0.3) is 0 Å². The highest BCUT2D eigenvalue weighted by Gasteiger charge is 2.07. The van der Waals surface area contributed by atoms with Crippen molar-refractivity contribution in [1.82, 2.24) is 4.98 Å². The van der Waals surface area contributed by atoms with E-state index in [1.54, 1.807) is 6.21 Å². The van der Waals surface area contributed by atoms with E-state index < -0.39 is 0 Å². The molecule has 0 bridgehead atoms. The summed E-state index contributed by atoms with van der Waals surface area (Å²) in [5.41, 5.74) is 0.772. The van der Waals surface area contributed by atoms with E-state index in [4.69, 9.17) is 11.6 Å². The second kappa shape index (κ2) is 2.71. The Morgan fingerprint density at radius 1 is 1.55 bits per heavy atom. The Kier molecular flexibility index (Phi) is 1.71. The van der Waals surface area contributed by atoms with Crippen molar-refractivity contribution in [3.8, 4) is 0 Å². The van der Waals surface area contributed by atoms with Crippen molar-refractivity contribution in [3.05, 3.63) is 15.5 Å². The number of halogens is 1. The molecule has 0 aromatic carbocycles. The standard InChI is InChI=1S/C6H4ClN3S/c7-6-10-4(3-11-6)5-8-1-2-9-5/h1,3H,2H2. The van der Waals surface area contributed by atoms with Crippen molar-refractivity contribution in [3.63, 3.8) is 0 Å². The molecule has 0 saturated carbocycles. The first-order valence-corrected chi connectivity index (χ1v) is 4.30. The van der Waals surface area contributed by atoms with Crippen molar-refractivity contribution in [2.75, 3.05) is 6.54 Å². The molecule has 1 aliphatic rings. The fraction of sp³-hybridized carbons (Fsp3) is 0.167. The zero-order valence-electron chi connectivity index (χ0n) is 5.49. The van der Waals surface area contributed by atoms with E-state index in [2.05, 4.69) is 15.0 Å². The van der Waals surface area contributed by atoms with Crippen LogP contribution < -0.4 is 0 Å². The molecule has 2 rings (SSSR count). The molecule has 1 aromatic heterocycles. The van der Waals surface area contributed by atoms with E-state index in [0.717, 1.165) is 5.69 Å². The van der Waals surface area contributed by atoms with Gasteiger partial charge in [0.2, 0.25) is 0 Å². The van der Waals surface area contributed by atoms with Gasteiger partial charge in [-0.1, -0.05) is 11.6 Å². The Hall–Kier alpha value is -0.740. The van der Waals surface area contributed by atoms with Crippen LogP contribution in [0, 0.1) is 0 Å². The minimum absolute atomic E-state index is 0.532. The van der Waals surface area contributed by atoms with Crippen LogP contribution in [0.4, 0.5) is 0 Å². The molecule has 56 valence electrons. The van der Waals surface area contributed by atoms with Gasteiger partial charge in [0.15, 0.2) is 10.3 Å². The van der Waals surface area contributed by atoms with Crippen molar-refractivity contribution in [1.29, 1.82) is 0 Å². The second-order valence-corrected chi connectivity index (χ2v) is 3.40. The lowest BCUT2D eigenvalue weighted by molar-refractivity contribution is 1.31. The average molecular weight is 186 g/mol. The van der Waals surface area contributed by atoms with Crippen LogP contribution in [0.1, 0.15) is 5.69 Å². The van der Waals surface area contributed by atoms with Crippen LogP contribution in [0.15, 0.2) is 15.4 Å². The lowest BCUT2D eigenvalue weighted by atomic mass is 10.5. The summed E-state index contributed by atoms with van der Waals surface area (Å²) in [4.78, 5) is 12.2. The van der Waals surface area contributed by atoms with Crippen molar-refractivity contribution in [2.45, 2.75) is 0 Å². The molecule has 3 nitrogen and oxygen atoms in total. The van der Waals surface area contributed by atoms with Gasteiger partial charge < -0.3 is 0 Å². The Morgan fingerprint density at radius 2 is 2.45 bits per heavy atom. The number of aliphatic imine (C=N–C) groups is 2. The van der Waals surface area contributed by atoms with Gasteiger partial charge in [0.1, 0.15) is 5.69 Å². The van der Waals surface area contributed by atoms with Gasteiger partial charge in [0, 0.05) is 11.6 Å². The molecular weight excluding hydrogens is 182 g/mol. The third kappa shape index (κ3) is 1.32. The normalized spacial score (nSPS) is 15.5. The van der Waals surface area contributed by atoms with Crippen LogP contribution in [0.25, 0.3) is 0 Å². The van der Waals surface area contributed by atoms with Crippen LogP contribution in [-0.4, -0.2) is 23.6 Å². The largest absolute Gasteiger partial charge is 0.259 e. The molecule has 1 aliphatic heterocycles. The van der Waals surface area contributed by atoms with E-state index in [9.17, 15) is 0 Å². The van der Waals surface area contributed by atoms with Crippen molar-refractivity contribution < 1.29 is 0 Å². The van der Waals surface area contributed by atoms with Crippen LogP contribution in [-0.2, 0) is 0 Å². The number of nitrogens with zero attached hydrogens (tertiary/aromatic N) is 3. The SMILES string of the molecule is Clc1nc(C2=NCC=N2)cs1. The second-order valence-electron chi connectivity index (χ2n) is 1.96. The molecule has 1 aromatic rings. The highest BCUT2D eigenvalue weighted by Crippen LogP contribution is 2.16. The van der Waals surface area contributed by atoms with E-state index in [1.807, 2.05) is 5.38 Å².